The Kier molecular flexibility index (Phi) is 4.83. The maximum absolute atomic E-state index is 2.60. The lowest BCUT2D eigenvalue weighted by Crippen LogP contribution is -2.22. The molecular formula is C16H28. The molecule has 0 aromatic heterocycles. The Labute approximate surface area is 102 Å². The van der Waals surface area contributed by atoms with E-state index < -0.39 is 0 Å². The van der Waals surface area contributed by atoms with E-state index in [1.807, 2.05) is 0 Å². The minimum absolute atomic E-state index is 0.468. The normalized spacial score (nSPS) is 19.9. The lowest BCUT2D eigenvalue weighted by molar-refractivity contribution is 0.336. The Morgan fingerprint density at radius 1 is 0.938 bits per heavy atom. The van der Waals surface area contributed by atoms with Gasteiger partial charge in [0.15, 0.2) is 0 Å². The quantitative estimate of drug-likeness (QED) is 0.561. The van der Waals surface area contributed by atoms with Crippen molar-refractivity contribution in [1.82, 2.24) is 0 Å². The van der Waals surface area contributed by atoms with E-state index in [1.165, 1.54) is 38.5 Å². The Morgan fingerprint density at radius 3 is 1.94 bits per heavy atom. The first-order valence-electron chi connectivity index (χ1n) is 7.09. The van der Waals surface area contributed by atoms with Crippen molar-refractivity contribution in [2.75, 3.05) is 0 Å². The predicted molar refractivity (Wildman–Crippen MR) is 73.6 cm³/mol. The van der Waals surface area contributed by atoms with E-state index in [9.17, 15) is 0 Å². The monoisotopic (exact) mass is 220 g/mol. The molecule has 0 saturated heterocycles. The van der Waals surface area contributed by atoms with E-state index in [2.05, 4.69) is 40.7 Å². The van der Waals surface area contributed by atoms with Crippen LogP contribution in [0.1, 0.15) is 73.1 Å². The molecule has 0 unspecified atom stereocenters. The Hall–Kier alpha value is -0.520. The van der Waals surface area contributed by atoms with Gasteiger partial charge in [0.25, 0.3) is 0 Å². The second-order valence-electron chi connectivity index (χ2n) is 5.06. The van der Waals surface area contributed by atoms with Gasteiger partial charge in [-0.2, -0.15) is 0 Å². The maximum atomic E-state index is 2.60. The minimum Gasteiger partial charge on any atom is -0.0745 e. The summed E-state index contributed by atoms with van der Waals surface area (Å²) < 4.78 is 0. The molecule has 0 bridgehead atoms. The number of allylic oxidation sites excluding steroid dienone is 4. The van der Waals surface area contributed by atoms with Gasteiger partial charge in [-0.05, 0) is 55.1 Å². The van der Waals surface area contributed by atoms with Crippen LogP contribution < -0.4 is 0 Å². The molecule has 0 nitrogen and oxygen atoms in total. The Balaban J connectivity index is 3.14. The van der Waals surface area contributed by atoms with Crippen LogP contribution >= 0.6 is 0 Å². The van der Waals surface area contributed by atoms with Crippen LogP contribution in [-0.4, -0.2) is 0 Å². The third kappa shape index (κ3) is 2.42. The van der Waals surface area contributed by atoms with E-state index in [-0.39, 0.29) is 0 Å². The molecule has 0 aromatic rings. The van der Waals surface area contributed by atoms with Crippen LogP contribution in [0.25, 0.3) is 0 Å². The highest BCUT2D eigenvalue weighted by atomic mass is 14.3. The van der Waals surface area contributed by atoms with Gasteiger partial charge in [-0.3, -0.25) is 0 Å². The molecule has 1 aliphatic carbocycles. The van der Waals surface area contributed by atoms with Crippen molar-refractivity contribution in [2.24, 2.45) is 5.41 Å². The van der Waals surface area contributed by atoms with Crippen LogP contribution in [-0.2, 0) is 0 Å². The molecule has 0 saturated carbocycles. The smallest absolute Gasteiger partial charge is 0.00802 e. The van der Waals surface area contributed by atoms with Gasteiger partial charge in [-0.1, -0.05) is 46.3 Å². The van der Waals surface area contributed by atoms with Gasteiger partial charge in [0.1, 0.15) is 0 Å². The second kappa shape index (κ2) is 5.70. The molecule has 0 atom stereocenters. The van der Waals surface area contributed by atoms with E-state index in [0.29, 0.717) is 5.41 Å². The van der Waals surface area contributed by atoms with Gasteiger partial charge in [0.05, 0.1) is 0 Å². The van der Waals surface area contributed by atoms with Crippen LogP contribution in [0.15, 0.2) is 22.8 Å². The van der Waals surface area contributed by atoms with E-state index in [0.717, 1.165) is 0 Å². The standard InChI is InChI=1S/C16H28/c1-6-13-11-16(9-4,10-5)12-14(7-2)15(13)8-3/h11H,6-10,12H2,1-5H3. The zero-order valence-electron chi connectivity index (χ0n) is 11.8. The molecule has 0 aromatic carbocycles. The summed E-state index contributed by atoms with van der Waals surface area (Å²) in [6.45, 7) is 11.6. The first-order valence-corrected chi connectivity index (χ1v) is 7.09. The highest BCUT2D eigenvalue weighted by Crippen LogP contribution is 2.45. The van der Waals surface area contributed by atoms with Gasteiger partial charge >= 0.3 is 0 Å². The summed E-state index contributed by atoms with van der Waals surface area (Å²) in [7, 11) is 0. The Bertz CT molecular complexity index is 287. The van der Waals surface area contributed by atoms with Crippen molar-refractivity contribution in [3.63, 3.8) is 0 Å². The summed E-state index contributed by atoms with van der Waals surface area (Å²) >= 11 is 0. The summed E-state index contributed by atoms with van der Waals surface area (Å²) in [6, 6.07) is 0. The van der Waals surface area contributed by atoms with Gasteiger partial charge in [-0.25, -0.2) is 0 Å². The number of hydrogen-bond donors (Lipinski definition) is 0. The molecule has 0 heteroatoms. The van der Waals surface area contributed by atoms with Crippen molar-refractivity contribution in [2.45, 2.75) is 73.1 Å². The molecule has 16 heavy (non-hydrogen) atoms. The van der Waals surface area contributed by atoms with Crippen molar-refractivity contribution >= 4 is 0 Å². The largest absolute Gasteiger partial charge is 0.0745 e. The fourth-order valence-electron chi connectivity index (χ4n) is 3.10. The van der Waals surface area contributed by atoms with E-state index in [4.69, 9.17) is 0 Å². The number of rotatable bonds is 5. The molecule has 0 fully saturated rings. The SMILES string of the molecule is CCC1=CC(CC)(CC)CC(CC)=C1CC. The summed E-state index contributed by atoms with van der Waals surface area (Å²) in [5.74, 6) is 0. The molecule has 1 rings (SSSR count). The summed E-state index contributed by atoms with van der Waals surface area (Å²) in [4.78, 5) is 0. The van der Waals surface area contributed by atoms with E-state index in [1.54, 1.807) is 16.7 Å². The first kappa shape index (κ1) is 13.5. The zero-order chi connectivity index (χ0) is 12.2. The van der Waals surface area contributed by atoms with Crippen molar-refractivity contribution in [1.29, 1.82) is 0 Å². The lowest BCUT2D eigenvalue weighted by Gasteiger charge is -2.36. The average molecular weight is 220 g/mol. The fourth-order valence-corrected chi connectivity index (χ4v) is 3.10. The molecule has 0 heterocycles. The van der Waals surface area contributed by atoms with Crippen LogP contribution in [0.3, 0.4) is 0 Å². The van der Waals surface area contributed by atoms with Crippen molar-refractivity contribution < 1.29 is 0 Å². The van der Waals surface area contributed by atoms with Gasteiger partial charge in [0, 0.05) is 0 Å². The van der Waals surface area contributed by atoms with Crippen LogP contribution in [0, 0.1) is 5.41 Å². The van der Waals surface area contributed by atoms with Crippen LogP contribution in [0.5, 0.6) is 0 Å². The van der Waals surface area contributed by atoms with E-state index >= 15 is 0 Å². The van der Waals surface area contributed by atoms with Crippen molar-refractivity contribution in [3.8, 4) is 0 Å². The molecule has 0 spiro atoms. The minimum atomic E-state index is 0.468. The predicted octanol–water partition coefficient (Wildman–Crippen LogP) is 5.65. The third-order valence-corrected chi connectivity index (χ3v) is 4.43. The van der Waals surface area contributed by atoms with Gasteiger partial charge in [-0.15, -0.1) is 0 Å². The lowest BCUT2D eigenvalue weighted by atomic mass is 9.69. The zero-order valence-corrected chi connectivity index (χ0v) is 11.8. The highest BCUT2D eigenvalue weighted by Gasteiger charge is 2.30. The molecule has 0 aliphatic heterocycles. The fraction of sp³-hybridized carbons (Fsp3) is 0.750. The number of hydrogen-bond acceptors (Lipinski definition) is 0. The summed E-state index contributed by atoms with van der Waals surface area (Å²) in [6.07, 6.45) is 10.1. The molecule has 0 radical (unpaired) electrons. The first-order chi connectivity index (χ1) is 7.66. The molecule has 0 N–H and O–H groups in total. The van der Waals surface area contributed by atoms with Crippen LogP contribution in [0.4, 0.5) is 0 Å². The van der Waals surface area contributed by atoms with Crippen molar-refractivity contribution in [3.05, 3.63) is 22.8 Å². The molecule has 92 valence electrons. The molecule has 1 aliphatic rings. The highest BCUT2D eigenvalue weighted by molar-refractivity contribution is 5.41. The maximum Gasteiger partial charge on any atom is -0.00802 e. The molecular weight excluding hydrogens is 192 g/mol. The molecule has 0 amide bonds. The van der Waals surface area contributed by atoms with Gasteiger partial charge in [0.2, 0.25) is 0 Å². The third-order valence-electron chi connectivity index (χ3n) is 4.43. The average Bonchev–Trinajstić information content (AvgIpc) is 2.36. The summed E-state index contributed by atoms with van der Waals surface area (Å²) in [5.41, 5.74) is 5.50. The van der Waals surface area contributed by atoms with Crippen LogP contribution in [0.2, 0.25) is 0 Å². The summed E-state index contributed by atoms with van der Waals surface area (Å²) in [5, 5.41) is 0. The topological polar surface area (TPSA) is 0 Å². The second-order valence-corrected chi connectivity index (χ2v) is 5.06. The van der Waals surface area contributed by atoms with Gasteiger partial charge < -0.3 is 0 Å². The Morgan fingerprint density at radius 2 is 1.56 bits per heavy atom.